The van der Waals surface area contributed by atoms with Crippen molar-refractivity contribution in [3.8, 4) is 0 Å². The Bertz CT molecular complexity index is 601. The van der Waals surface area contributed by atoms with Crippen LogP contribution in [-0.2, 0) is 0 Å². The van der Waals surface area contributed by atoms with Crippen LogP contribution in [0.1, 0.15) is 18.5 Å². The van der Waals surface area contributed by atoms with Crippen molar-refractivity contribution in [2.75, 3.05) is 10.7 Å². The van der Waals surface area contributed by atoms with Gasteiger partial charge < -0.3 is 10.7 Å². The van der Waals surface area contributed by atoms with E-state index in [2.05, 4.69) is 10.7 Å². The summed E-state index contributed by atoms with van der Waals surface area (Å²) in [5.74, 6) is 5.33. The molecule has 6 heteroatoms. The number of nitrogen functional groups attached to an aromatic ring is 1. The maximum atomic E-state index is 10.9. The van der Waals surface area contributed by atoms with Crippen molar-refractivity contribution in [3.05, 3.63) is 64.2 Å². The summed E-state index contributed by atoms with van der Waals surface area (Å²) in [4.78, 5) is 10.4. The summed E-state index contributed by atoms with van der Waals surface area (Å²) in [7, 11) is 0. The van der Waals surface area contributed by atoms with Gasteiger partial charge in [-0.25, -0.2) is 0 Å². The fourth-order valence-electron chi connectivity index (χ4n) is 1.96. The summed E-state index contributed by atoms with van der Waals surface area (Å²) in [6, 6.07) is 14.5. The first-order chi connectivity index (χ1) is 9.60. The average molecular weight is 272 g/mol. The van der Waals surface area contributed by atoms with Crippen LogP contribution in [0, 0.1) is 10.1 Å². The number of nitrogens with zero attached hydrogens (tertiary/aromatic N) is 1. The normalized spacial score (nSPS) is 11.7. The van der Waals surface area contributed by atoms with E-state index in [-0.39, 0.29) is 11.7 Å². The van der Waals surface area contributed by atoms with Crippen LogP contribution in [0.25, 0.3) is 0 Å². The Hall–Kier alpha value is -2.60. The molecule has 0 saturated heterocycles. The van der Waals surface area contributed by atoms with Crippen LogP contribution in [0.2, 0.25) is 0 Å². The molecule has 0 radical (unpaired) electrons. The maximum absolute atomic E-state index is 10.9. The molecule has 0 aliphatic heterocycles. The fourth-order valence-corrected chi connectivity index (χ4v) is 1.96. The Labute approximate surface area is 116 Å². The largest absolute Gasteiger partial charge is 0.378 e. The third kappa shape index (κ3) is 3.24. The van der Waals surface area contributed by atoms with Gasteiger partial charge in [-0.2, -0.15) is 0 Å². The Kier molecular flexibility index (Phi) is 4.17. The van der Waals surface area contributed by atoms with Crippen molar-refractivity contribution in [1.29, 1.82) is 0 Å². The van der Waals surface area contributed by atoms with E-state index < -0.39 is 4.92 Å². The van der Waals surface area contributed by atoms with Gasteiger partial charge in [0.1, 0.15) is 0 Å². The summed E-state index contributed by atoms with van der Waals surface area (Å²) < 4.78 is 0. The van der Waals surface area contributed by atoms with E-state index >= 15 is 0 Å². The monoisotopic (exact) mass is 272 g/mol. The second-order valence-corrected chi connectivity index (χ2v) is 4.45. The molecule has 0 heterocycles. The lowest BCUT2D eigenvalue weighted by Gasteiger charge is -2.16. The molecule has 20 heavy (non-hydrogen) atoms. The second-order valence-electron chi connectivity index (χ2n) is 4.45. The third-order valence-corrected chi connectivity index (χ3v) is 2.98. The number of hydrogen-bond donors (Lipinski definition) is 3. The average Bonchev–Trinajstić information content (AvgIpc) is 2.47. The maximum Gasteiger partial charge on any atom is 0.273 e. The van der Waals surface area contributed by atoms with Gasteiger partial charge in [-0.15, -0.1) is 0 Å². The summed E-state index contributed by atoms with van der Waals surface area (Å²) >= 11 is 0. The minimum atomic E-state index is -0.445. The minimum absolute atomic E-state index is 0.0109. The number of rotatable bonds is 5. The van der Waals surface area contributed by atoms with Crippen molar-refractivity contribution in [2.45, 2.75) is 13.0 Å². The van der Waals surface area contributed by atoms with Gasteiger partial charge in [0.15, 0.2) is 0 Å². The number of nitro groups is 1. The zero-order valence-corrected chi connectivity index (χ0v) is 11.0. The summed E-state index contributed by atoms with van der Waals surface area (Å²) in [6.45, 7) is 1.99. The van der Waals surface area contributed by atoms with Gasteiger partial charge in [-0.05, 0) is 18.6 Å². The highest BCUT2D eigenvalue weighted by Crippen LogP contribution is 2.26. The number of anilines is 2. The molecule has 1 atom stereocenters. The topological polar surface area (TPSA) is 93.2 Å². The van der Waals surface area contributed by atoms with E-state index in [0.29, 0.717) is 11.4 Å². The lowest BCUT2D eigenvalue weighted by molar-refractivity contribution is -0.384. The Morgan fingerprint density at radius 3 is 2.40 bits per heavy atom. The van der Waals surface area contributed by atoms with Crippen LogP contribution in [-0.4, -0.2) is 4.92 Å². The van der Waals surface area contributed by atoms with Gasteiger partial charge in [0.05, 0.1) is 10.6 Å². The summed E-state index contributed by atoms with van der Waals surface area (Å²) in [5, 5.41) is 14.1. The van der Waals surface area contributed by atoms with E-state index in [4.69, 9.17) is 5.84 Å². The number of nitrogens with one attached hydrogen (secondary N) is 2. The fraction of sp³-hybridized carbons (Fsp3) is 0.143. The SMILES string of the molecule is CC(Nc1cc(NN)cc([N+](=O)[O-])c1)c1ccccc1. The first-order valence-electron chi connectivity index (χ1n) is 6.17. The predicted octanol–water partition coefficient (Wildman–Crippen LogP) is 3.05. The zero-order chi connectivity index (χ0) is 14.5. The number of benzene rings is 2. The lowest BCUT2D eigenvalue weighted by Crippen LogP contribution is -2.10. The van der Waals surface area contributed by atoms with Crippen molar-refractivity contribution < 1.29 is 4.92 Å². The van der Waals surface area contributed by atoms with Crippen LogP contribution >= 0.6 is 0 Å². The molecule has 0 spiro atoms. The minimum Gasteiger partial charge on any atom is -0.378 e. The molecule has 0 aliphatic carbocycles. The standard InChI is InChI=1S/C14H16N4O2/c1-10(11-5-3-2-4-6-11)16-12-7-13(17-15)9-14(8-12)18(19)20/h2-10,16-17H,15H2,1H3. The molecule has 0 aromatic heterocycles. The molecule has 4 N–H and O–H groups in total. The molecule has 0 amide bonds. The van der Waals surface area contributed by atoms with Gasteiger partial charge in [0.2, 0.25) is 0 Å². The molecule has 0 bridgehead atoms. The van der Waals surface area contributed by atoms with Crippen LogP contribution in [0.15, 0.2) is 48.5 Å². The predicted molar refractivity (Wildman–Crippen MR) is 79.4 cm³/mol. The van der Waals surface area contributed by atoms with Gasteiger partial charge in [0.25, 0.3) is 5.69 Å². The molecule has 2 aromatic rings. The first kappa shape index (κ1) is 13.8. The molecule has 0 aliphatic rings. The van der Waals surface area contributed by atoms with Crippen LogP contribution < -0.4 is 16.6 Å². The van der Waals surface area contributed by atoms with E-state index in [1.807, 2.05) is 37.3 Å². The Morgan fingerprint density at radius 1 is 1.15 bits per heavy atom. The van der Waals surface area contributed by atoms with E-state index in [0.717, 1.165) is 5.56 Å². The molecule has 0 fully saturated rings. The van der Waals surface area contributed by atoms with Crippen molar-refractivity contribution in [2.24, 2.45) is 5.84 Å². The van der Waals surface area contributed by atoms with Crippen LogP contribution in [0.5, 0.6) is 0 Å². The number of nitrogens with two attached hydrogens (primary N) is 1. The smallest absolute Gasteiger partial charge is 0.273 e. The van der Waals surface area contributed by atoms with Gasteiger partial charge in [-0.1, -0.05) is 30.3 Å². The third-order valence-electron chi connectivity index (χ3n) is 2.98. The number of non-ortho nitro benzene ring substituents is 1. The Morgan fingerprint density at radius 2 is 1.80 bits per heavy atom. The van der Waals surface area contributed by atoms with Crippen LogP contribution in [0.4, 0.5) is 17.1 Å². The number of hydrogen-bond acceptors (Lipinski definition) is 5. The van der Waals surface area contributed by atoms with Gasteiger partial charge >= 0.3 is 0 Å². The zero-order valence-electron chi connectivity index (χ0n) is 11.0. The molecular formula is C14H16N4O2. The van der Waals surface area contributed by atoms with E-state index in [1.54, 1.807) is 6.07 Å². The van der Waals surface area contributed by atoms with Crippen molar-refractivity contribution in [1.82, 2.24) is 0 Å². The summed E-state index contributed by atoms with van der Waals surface area (Å²) in [5.41, 5.74) is 4.65. The highest BCUT2D eigenvalue weighted by atomic mass is 16.6. The van der Waals surface area contributed by atoms with Crippen molar-refractivity contribution in [3.63, 3.8) is 0 Å². The molecule has 6 nitrogen and oxygen atoms in total. The highest BCUT2D eigenvalue weighted by Gasteiger charge is 2.11. The number of nitro benzene ring substituents is 1. The molecule has 2 aromatic carbocycles. The molecule has 2 rings (SSSR count). The number of hydrazine groups is 1. The molecule has 0 saturated carbocycles. The molecule has 1 unspecified atom stereocenters. The van der Waals surface area contributed by atoms with Gasteiger partial charge in [-0.3, -0.25) is 16.0 Å². The quantitative estimate of drug-likeness (QED) is 0.442. The molecule has 104 valence electrons. The van der Waals surface area contributed by atoms with Gasteiger partial charge in [0, 0.05) is 23.9 Å². The van der Waals surface area contributed by atoms with E-state index in [9.17, 15) is 10.1 Å². The second kappa shape index (κ2) is 6.03. The summed E-state index contributed by atoms with van der Waals surface area (Å²) in [6.07, 6.45) is 0. The highest BCUT2D eigenvalue weighted by molar-refractivity contribution is 5.63. The van der Waals surface area contributed by atoms with Crippen LogP contribution in [0.3, 0.4) is 0 Å². The lowest BCUT2D eigenvalue weighted by atomic mass is 10.1. The Balaban J connectivity index is 2.24. The molecular weight excluding hydrogens is 256 g/mol. The van der Waals surface area contributed by atoms with E-state index in [1.165, 1.54) is 12.1 Å². The first-order valence-corrected chi connectivity index (χ1v) is 6.17. The van der Waals surface area contributed by atoms with Crippen molar-refractivity contribution >= 4 is 17.1 Å².